The number of hydrogen-bond donors (Lipinski definition) is 2. The van der Waals surface area contributed by atoms with Gasteiger partial charge in [0.15, 0.2) is 0 Å². The van der Waals surface area contributed by atoms with Crippen molar-refractivity contribution in [3.8, 4) is 5.75 Å². The number of likely N-dealkylation sites (N-methyl/N-ethyl adjacent to an activating group) is 1. The van der Waals surface area contributed by atoms with Gasteiger partial charge in [0.2, 0.25) is 0 Å². The Morgan fingerprint density at radius 1 is 1.32 bits per heavy atom. The smallest absolute Gasteiger partial charge is 0.119 e. The molecule has 0 aliphatic rings. The molecule has 0 heterocycles. The van der Waals surface area contributed by atoms with Crippen molar-refractivity contribution in [3.05, 3.63) is 29.8 Å². The van der Waals surface area contributed by atoms with Gasteiger partial charge in [-0.05, 0) is 44.6 Å². The van der Waals surface area contributed by atoms with Gasteiger partial charge in [-0.15, -0.1) is 0 Å². The number of ether oxygens (including phenoxy) is 1. The minimum Gasteiger partial charge on any atom is -0.497 e. The third-order valence-electron chi connectivity index (χ3n) is 3.88. The monoisotopic (exact) mass is 265 g/mol. The van der Waals surface area contributed by atoms with E-state index in [-0.39, 0.29) is 11.6 Å². The van der Waals surface area contributed by atoms with Crippen molar-refractivity contribution in [2.75, 3.05) is 20.2 Å². The SMILES string of the molecule is CCN(CC)C(C)(C)C(NN)c1cccc(OC)c1. The van der Waals surface area contributed by atoms with E-state index >= 15 is 0 Å². The minimum atomic E-state index is -0.0788. The van der Waals surface area contributed by atoms with Crippen LogP contribution >= 0.6 is 0 Å². The molecular weight excluding hydrogens is 238 g/mol. The van der Waals surface area contributed by atoms with Gasteiger partial charge in [-0.25, -0.2) is 0 Å². The van der Waals surface area contributed by atoms with Crippen molar-refractivity contribution < 1.29 is 4.74 Å². The van der Waals surface area contributed by atoms with Gasteiger partial charge in [-0.3, -0.25) is 16.2 Å². The van der Waals surface area contributed by atoms with Gasteiger partial charge in [0.1, 0.15) is 5.75 Å². The van der Waals surface area contributed by atoms with E-state index in [9.17, 15) is 0 Å². The minimum absolute atomic E-state index is 0.0440. The first-order valence-electron chi connectivity index (χ1n) is 6.86. The average Bonchev–Trinajstić information content (AvgIpc) is 2.40. The summed E-state index contributed by atoms with van der Waals surface area (Å²) >= 11 is 0. The molecule has 0 radical (unpaired) electrons. The summed E-state index contributed by atoms with van der Waals surface area (Å²) in [6, 6.07) is 8.11. The lowest BCUT2D eigenvalue weighted by molar-refractivity contribution is 0.0912. The lowest BCUT2D eigenvalue weighted by Crippen LogP contribution is -2.54. The Kier molecular flexibility index (Phi) is 5.79. The maximum atomic E-state index is 5.81. The van der Waals surface area contributed by atoms with Crippen LogP contribution in [0.15, 0.2) is 24.3 Å². The van der Waals surface area contributed by atoms with Crippen LogP contribution in [0.3, 0.4) is 0 Å². The fourth-order valence-corrected chi connectivity index (χ4v) is 2.75. The number of hydrazine groups is 1. The molecule has 0 bridgehead atoms. The van der Waals surface area contributed by atoms with Crippen LogP contribution in [-0.4, -0.2) is 30.6 Å². The summed E-state index contributed by atoms with van der Waals surface area (Å²) in [5, 5.41) is 0. The lowest BCUT2D eigenvalue weighted by atomic mass is 9.87. The van der Waals surface area contributed by atoms with Crippen molar-refractivity contribution in [2.24, 2.45) is 5.84 Å². The number of rotatable bonds is 7. The predicted octanol–water partition coefficient (Wildman–Crippen LogP) is 2.32. The van der Waals surface area contributed by atoms with Crippen LogP contribution in [0.2, 0.25) is 0 Å². The second-order valence-electron chi connectivity index (χ2n) is 5.20. The first-order chi connectivity index (χ1) is 9.01. The van der Waals surface area contributed by atoms with E-state index in [4.69, 9.17) is 10.6 Å². The highest BCUT2D eigenvalue weighted by atomic mass is 16.5. The van der Waals surface area contributed by atoms with Crippen LogP contribution in [0.1, 0.15) is 39.3 Å². The van der Waals surface area contributed by atoms with E-state index in [0.717, 1.165) is 24.4 Å². The van der Waals surface area contributed by atoms with Crippen LogP contribution in [0.25, 0.3) is 0 Å². The largest absolute Gasteiger partial charge is 0.497 e. The van der Waals surface area contributed by atoms with E-state index < -0.39 is 0 Å². The molecule has 0 amide bonds. The number of hydrogen-bond acceptors (Lipinski definition) is 4. The van der Waals surface area contributed by atoms with E-state index in [2.05, 4.69) is 44.1 Å². The molecule has 3 N–H and O–H groups in total. The van der Waals surface area contributed by atoms with E-state index in [1.165, 1.54) is 0 Å². The van der Waals surface area contributed by atoms with Gasteiger partial charge in [0.25, 0.3) is 0 Å². The molecule has 1 rings (SSSR count). The van der Waals surface area contributed by atoms with Gasteiger partial charge < -0.3 is 4.74 Å². The fraction of sp³-hybridized carbons (Fsp3) is 0.600. The Morgan fingerprint density at radius 3 is 2.42 bits per heavy atom. The normalized spacial score (nSPS) is 13.6. The Labute approximate surface area is 116 Å². The molecular formula is C15H27N3O. The summed E-state index contributed by atoms with van der Waals surface area (Å²) < 4.78 is 5.29. The summed E-state index contributed by atoms with van der Waals surface area (Å²) in [6.07, 6.45) is 0. The third kappa shape index (κ3) is 3.47. The summed E-state index contributed by atoms with van der Waals surface area (Å²) in [7, 11) is 1.68. The molecule has 0 aliphatic carbocycles. The Balaban J connectivity index is 3.10. The summed E-state index contributed by atoms with van der Waals surface area (Å²) in [5.74, 6) is 6.67. The molecule has 0 saturated carbocycles. The van der Waals surface area contributed by atoms with Crippen LogP contribution in [0.5, 0.6) is 5.75 Å². The molecule has 0 saturated heterocycles. The molecule has 0 spiro atoms. The highest BCUT2D eigenvalue weighted by Crippen LogP contribution is 2.31. The molecule has 19 heavy (non-hydrogen) atoms. The Hall–Kier alpha value is -1.10. The zero-order valence-electron chi connectivity index (χ0n) is 12.7. The van der Waals surface area contributed by atoms with Gasteiger partial charge in [-0.2, -0.15) is 0 Å². The molecule has 1 aromatic carbocycles. The first kappa shape index (κ1) is 16.0. The van der Waals surface area contributed by atoms with Crippen molar-refractivity contribution in [3.63, 3.8) is 0 Å². The van der Waals surface area contributed by atoms with Gasteiger partial charge >= 0.3 is 0 Å². The van der Waals surface area contributed by atoms with Crippen molar-refractivity contribution in [2.45, 2.75) is 39.3 Å². The number of benzene rings is 1. The first-order valence-corrected chi connectivity index (χ1v) is 6.86. The average molecular weight is 265 g/mol. The van der Waals surface area contributed by atoms with Gasteiger partial charge in [-0.1, -0.05) is 26.0 Å². The lowest BCUT2D eigenvalue weighted by Gasteiger charge is -2.43. The van der Waals surface area contributed by atoms with Gasteiger partial charge in [0.05, 0.1) is 13.2 Å². The number of methoxy groups -OCH3 is 1. The molecule has 108 valence electrons. The second-order valence-corrected chi connectivity index (χ2v) is 5.20. The number of nitrogens with one attached hydrogen (secondary N) is 1. The van der Waals surface area contributed by atoms with E-state index in [1.807, 2.05) is 18.2 Å². The topological polar surface area (TPSA) is 50.5 Å². The van der Waals surface area contributed by atoms with Crippen LogP contribution in [0.4, 0.5) is 0 Å². The standard InChI is InChI=1S/C15H27N3O/c1-6-18(7-2)15(3,4)14(17-16)12-9-8-10-13(11-12)19-5/h8-11,14,17H,6-7,16H2,1-5H3. The zero-order valence-corrected chi connectivity index (χ0v) is 12.7. The summed E-state index contributed by atoms with van der Waals surface area (Å²) in [4.78, 5) is 2.40. The maximum Gasteiger partial charge on any atom is 0.119 e. The summed E-state index contributed by atoms with van der Waals surface area (Å²) in [5.41, 5.74) is 4.02. The van der Waals surface area contributed by atoms with Gasteiger partial charge in [0, 0.05) is 5.54 Å². The second kappa shape index (κ2) is 6.89. The third-order valence-corrected chi connectivity index (χ3v) is 3.88. The Bertz CT molecular complexity index is 389. The molecule has 1 aromatic rings. The van der Waals surface area contributed by atoms with E-state index in [1.54, 1.807) is 7.11 Å². The van der Waals surface area contributed by atoms with Crippen LogP contribution in [-0.2, 0) is 0 Å². The molecule has 4 nitrogen and oxygen atoms in total. The van der Waals surface area contributed by atoms with Crippen molar-refractivity contribution >= 4 is 0 Å². The number of nitrogens with two attached hydrogens (primary N) is 1. The van der Waals surface area contributed by atoms with Crippen LogP contribution < -0.4 is 16.0 Å². The molecule has 0 aliphatic heterocycles. The molecule has 0 fully saturated rings. The van der Waals surface area contributed by atoms with E-state index in [0.29, 0.717) is 0 Å². The molecule has 1 unspecified atom stereocenters. The number of nitrogens with zero attached hydrogens (tertiary/aromatic N) is 1. The fourth-order valence-electron chi connectivity index (χ4n) is 2.75. The predicted molar refractivity (Wildman–Crippen MR) is 80.1 cm³/mol. The van der Waals surface area contributed by atoms with Crippen molar-refractivity contribution in [1.29, 1.82) is 0 Å². The maximum absolute atomic E-state index is 5.81. The quantitative estimate of drug-likeness (QED) is 0.587. The molecule has 4 heteroatoms. The highest BCUT2D eigenvalue weighted by Gasteiger charge is 2.34. The molecule has 1 atom stereocenters. The van der Waals surface area contributed by atoms with Crippen LogP contribution in [0, 0.1) is 0 Å². The zero-order chi connectivity index (χ0) is 14.5. The Morgan fingerprint density at radius 2 is 1.95 bits per heavy atom. The highest BCUT2D eigenvalue weighted by molar-refractivity contribution is 5.32. The van der Waals surface area contributed by atoms with Crippen molar-refractivity contribution in [1.82, 2.24) is 10.3 Å². The summed E-state index contributed by atoms with van der Waals surface area (Å²) in [6.45, 7) is 10.8. The molecule has 0 aromatic heterocycles.